The van der Waals surface area contributed by atoms with Crippen LogP contribution in [0.15, 0.2) is 48.5 Å². The van der Waals surface area contributed by atoms with Crippen molar-refractivity contribution in [3.63, 3.8) is 0 Å². The first-order valence-corrected chi connectivity index (χ1v) is 9.01. The van der Waals surface area contributed by atoms with E-state index >= 15 is 0 Å². The predicted molar refractivity (Wildman–Crippen MR) is 102 cm³/mol. The first kappa shape index (κ1) is 18.4. The standard InChI is InChI=1S/C20H21ClN2O3/c21-17-5-1-3-15(13-17)7-8-19(24)22-18-6-2-4-16(14-18)20(25)23-9-11-26-12-10-23/h1-6,13-14H,7-12H2,(H,22,24). The van der Waals surface area contributed by atoms with Gasteiger partial charge in [-0.3, -0.25) is 9.59 Å². The van der Waals surface area contributed by atoms with E-state index in [-0.39, 0.29) is 11.8 Å². The second-order valence-electron chi connectivity index (χ2n) is 6.16. The Morgan fingerprint density at radius 2 is 1.85 bits per heavy atom. The van der Waals surface area contributed by atoms with Crippen molar-refractivity contribution in [2.75, 3.05) is 31.6 Å². The van der Waals surface area contributed by atoms with Crippen LogP contribution in [-0.2, 0) is 16.0 Å². The van der Waals surface area contributed by atoms with E-state index in [1.807, 2.05) is 24.3 Å². The van der Waals surface area contributed by atoms with Crippen LogP contribution >= 0.6 is 11.6 Å². The van der Waals surface area contributed by atoms with Gasteiger partial charge in [-0.15, -0.1) is 0 Å². The number of hydrogen-bond acceptors (Lipinski definition) is 3. The molecule has 0 spiro atoms. The molecule has 0 unspecified atom stereocenters. The van der Waals surface area contributed by atoms with Crippen molar-refractivity contribution in [1.82, 2.24) is 4.90 Å². The number of morpholine rings is 1. The molecule has 6 heteroatoms. The van der Waals surface area contributed by atoms with Gasteiger partial charge in [-0.2, -0.15) is 0 Å². The van der Waals surface area contributed by atoms with Crippen LogP contribution in [0, 0.1) is 0 Å². The Labute approximate surface area is 157 Å². The van der Waals surface area contributed by atoms with Gasteiger partial charge in [0.2, 0.25) is 5.91 Å². The number of nitrogens with zero attached hydrogens (tertiary/aromatic N) is 1. The molecule has 0 saturated carbocycles. The second-order valence-corrected chi connectivity index (χ2v) is 6.60. The number of hydrogen-bond donors (Lipinski definition) is 1. The van der Waals surface area contributed by atoms with Crippen molar-refractivity contribution in [2.24, 2.45) is 0 Å². The molecule has 2 aromatic carbocycles. The molecule has 26 heavy (non-hydrogen) atoms. The SMILES string of the molecule is O=C(CCc1cccc(Cl)c1)Nc1cccc(C(=O)N2CCOCC2)c1. The lowest BCUT2D eigenvalue weighted by atomic mass is 10.1. The number of amides is 2. The van der Waals surface area contributed by atoms with Crippen molar-refractivity contribution in [3.05, 3.63) is 64.7 Å². The molecule has 3 rings (SSSR count). The molecule has 1 aliphatic rings. The molecule has 1 fully saturated rings. The number of anilines is 1. The fraction of sp³-hybridized carbons (Fsp3) is 0.300. The molecule has 1 heterocycles. The highest BCUT2D eigenvalue weighted by molar-refractivity contribution is 6.30. The third kappa shape index (κ3) is 5.07. The maximum atomic E-state index is 12.5. The average Bonchev–Trinajstić information content (AvgIpc) is 2.67. The summed E-state index contributed by atoms with van der Waals surface area (Å²) in [5.74, 6) is -0.135. The molecule has 1 N–H and O–H groups in total. The molecular weight excluding hydrogens is 352 g/mol. The lowest BCUT2D eigenvalue weighted by Crippen LogP contribution is -2.40. The molecule has 0 radical (unpaired) electrons. The summed E-state index contributed by atoms with van der Waals surface area (Å²) in [6, 6.07) is 14.5. The van der Waals surface area contributed by atoms with Crippen molar-refractivity contribution in [1.29, 1.82) is 0 Å². The highest BCUT2D eigenvalue weighted by Crippen LogP contribution is 2.16. The van der Waals surface area contributed by atoms with Gasteiger partial charge in [0.05, 0.1) is 13.2 Å². The third-order valence-electron chi connectivity index (χ3n) is 4.22. The molecule has 0 aliphatic carbocycles. The van der Waals surface area contributed by atoms with E-state index in [1.54, 1.807) is 29.2 Å². The molecule has 1 saturated heterocycles. The second kappa shape index (κ2) is 8.83. The summed E-state index contributed by atoms with van der Waals surface area (Å²) in [6.45, 7) is 2.31. The Morgan fingerprint density at radius 3 is 2.62 bits per heavy atom. The zero-order valence-corrected chi connectivity index (χ0v) is 15.2. The molecule has 1 aliphatic heterocycles. The topological polar surface area (TPSA) is 58.6 Å². The number of nitrogens with one attached hydrogen (secondary N) is 1. The van der Waals surface area contributed by atoms with E-state index in [2.05, 4.69) is 5.32 Å². The van der Waals surface area contributed by atoms with Gasteiger partial charge in [-0.1, -0.05) is 29.8 Å². The van der Waals surface area contributed by atoms with Gasteiger partial charge in [0.15, 0.2) is 0 Å². The van der Waals surface area contributed by atoms with Gasteiger partial charge < -0.3 is 15.0 Å². The first-order chi connectivity index (χ1) is 12.6. The fourth-order valence-corrected chi connectivity index (χ4v) is 3.07. The summed E-state index contributed by atoms with van der Waals surface area (Å²) in [6.07, 6.45) is 0.959. The Kier molecular flexibility index (Phi) is 6.26. The van der Waals surface area contributed by atoms with E-state index in [0.717, 1.165) is 5.56 Å². The van der Waals surface area contributed by atoms with Crippen LogP contribution in [0.1, 0.15) is 22.3 Å². The zero-order valence-electron chi connectivity index (χ0n) is 14.4. The number of aryl methyl sites for hydroxylation is 1. The lowest BCUT2D eigenvalue weighted by molar-refractivity contribution is -0.116. The maximum absolute atomic E-state index is 12.5. The molecule has 2 amide bonds. The van der Waals surface area contributed by atoms with Gasteiger partial charge in [0.1, 0.15) is 0 Å². The van der Waals surface area contributed by atoms with E-state index < -0.39 is 0 Å². The summed E-state index contributed by atoms with van der Waals surface area (Å²) >= 11 is 5.96. The average molecular weight is 373 g/mol. The molecule has 5 nitrogen and oxygen atoms in total. The predicted octanol–water partition coefficient (Wildman–Crippen LogP) is 3.38. The van der Waals surface area contributed by atoms with Crippen LogP contribution in [0.3, 0.4) is 0 Å². The highest BCUT2D eigenvalue weighted by Gasteiger charge is 2.18. The Bertz CT molecular complexity index is 788. The van der Waals surface area contributed by atoms with Crippen molar-refractivity contribution in [2.45, 2.75) is 12.8 Å². The third-order valence-corrected chi connectivity index (χ3v) is 4.46. The normalized spacial score (nSPS) is 14.1. The van der Waals surface area contributed by atoms with Crippen LogP contribution in [0.2, 0.25) is 5.02 Å². The molecule has 0 bridgehead atoms. The van der Waals surface area contributed by atoms with Crippen LogP contribution < -0.4 is 5.32 Å². The van der Waals surface area contributed by atoms with Crippen LogP contribution in [0.4, 0.5) is 5.69 Å². The lowest BCUT2D eigenvalue weighted by Gasteiger charge is -2.27. The van der Waals surface area contributed by atoms with Crippen LogP contribution in [-0.4, -0.2) is 43.0 Å². The maximum Gasteiger partial charge on any atom is 0.254 e. The number of carbonyl (C=O) groups is 2. The van der Waals surface area contributed by atoms with Crippen molar-refractivity contribution >= 4 is 29.1 Å². The number of carbonyl (C=O) groups excluding carboxylic acids is 2. The van der Waals surface area contributed by atoms with Crippen molar-refractivity contribution < 1.29 is 14.3 Å². The minimum atomic E-state index is -0.0963. The van der Waals surface area contributed by atoms with Gasteiger partial charge in [-0.05, 0) is 42.3 Å². The summed E-state index contributed by atoms with van der Waals surface area (Å²) in [4.78, 5) is 26.5. The van der Waals surface area contributed by atoms with Crippen LogP contribution in [0.25, 0.3) is 0 Å². The summed E-state index contributed by atoms with van der Waals surface area (Å²) in [7, 11) is 0. The van der Waals surface area contributed by atoms with E-state index in [0.29, 0.717) is 55.4 Å². The number of rotatable bonds is 5. The first-order valence-electron chi connectivity index (χ1n) is 8.63. The quantitative estimate of drug-likeness (QED) is 0.875. The number of halogens is 1. The van der Waals surface area contributed by atoms with E-state index in [9.17, 15) is 9.59 Å². The van der Waals surface area contributed by atoms with Gasteiger partial charge in [0.25, 0.3) is 5.91 Å². The fourth-order valence-electron chi connectivity index (χ4n) is 2.85. The van der Waals surface area contributed by atoms with Gasteiger partial charge in [0, 0.05) is 35.8 Å². The summed E-state index contributed by atoms with van der Waals surface area (Å²) < 4.78 is 5.27. The molecule has 0 aromatic heterocycles. The van der Waals surface area contributed by atoms with Crippen molar-refractivity contribution in [3.8, 4) is 0 Å². The Hall–Kier alpha value is -2.37. The summed E-state index contributed by atoms with van der Waals surface area (Å²) in [5.41, 5.74) is 2.21. The van der Waals surface area contributed by atoms with Gasteiger partial charge >= 0.3 is 0 Å². The minimum Gasteiger partial charge on any atom is -0.378 e. The van der Waals surface area contributed by atoms with E-state index in [1.165, 1.54) is 0 Å². The monoisotopic (exact) mass is 372 g/mol. The molecular formula is C20H21ClN2O3. The minimum absolute atomic E-state index is 0.0386. The van der Waals surface area contributed by atoms with Gasteiger partial charge in [-0.25, -0.2) is 0 Å². The number of ether oxygens (including phenoxy) is 1. The largest absolute Gasteiger partial charge is 0.378 e. The van der Waals surface area contributed by atoms with E-state index in [4.69, 9.17) is 16.3 Å². The Morgan fingerprint density at radius 1 is 1.08 bits per heavy atom. The molecule has 2 aromatic rings. The zero-order chi connectivity index (χ0) is 18.4. The number of benzene rings is 2. The summed E-state index contributed by atoms with van der Waals surface area (Å²) in [5, 5.41) is 3.52. The molecule has 136 valence electrons. The van der Waals surface area contributed by atoms with Crippen LogP contribution in [0.5, 0.6) is 0 Å². The smallest absolute Gasteiger partial charge is 0.254 e. The Balaban J connectivity index is 1.57. The highest BCUT2D eigenvalue weighted by atomic mass is 35.5. The molecule has 0 atom stereocenters.